The minimum Gasteiger partial charge on any atom is -0.493 e. The maximum absolute atomic E-state index is 7.09. The number of piperidine rings is 1. The van der Waals surface area contributed by atoms with Crippen molar-refractivity contribution in [1.29, 1.82) is 0 Å². The van der Waals surface area contributed by atoms with Crippen LogP contribution in [-0.4, -0.2) is 56.6 Å². The Morgan fingerprint density at radius 1 is 1.11 bits per heavy atom. The minimum absolute atomic E-state index is 0.000938. The van der Waals surface area contributed by atoms with Crippen LogP contribution in [0.5, 0.6) is 11.5 Å². The average Bonchev–Trinajstić information content (AvgIpc) is 3.41. The molecule has 2 aromatic rings. The van der Waals surface area contributed by atoms with Gasteiger partial charge in [-0.3, -0.25) is 4.90 Å². The van der Waals surface area contributed by atoms with Gasteiger partial charge in [0.2, 0.25) is 0 Å². The molecule has 6 heteroatoms. The zero-order chi connectivity index (χ0) is 24.1. The van der Waals surface area contributed by atoms with E-state index in [4.69, 9.17) is 23.4 Å². The molecule has 1 aromatic carbocycles. The van der Waals surface area contributed by atoms with Gasteiger partial charge in [-0.05, 0) is 81.2 Å². The van der Waals surface area contributed by atoms with Crippen molar-refractivity contribution in [1.82, 2.24) is 4.90 Å². The Morgan fingerprint density at radius 2 is 2.03 bits per heavy atom. The number of ether oxygens (including phenoxy) is 4. The number of nitrogens with zero attached hydrogens (tertiary/aromatic N) is 1. The highest BCUT2D eigenvalue weighted by atomic mass is 16.6. The Morgan fingerprint density at radius 3 is 2.81 bits per heavy atom. The molecule has 9 rings (SSSR count). The molecule has 7 aliphatic rings. The molecule has 2 aliphatic heterocycles. The third-order valence-electron chi connectivity index (χ3n) is 11.2. The number of benzene rings is 1. The molecule has 0 amide bonds. The topological polar surface area (TPSA) is 53.3 Å². The molecular formula is C30H37NO5. The first-order valence-corrected chi connectivity index (χ1v) is 13.9. The fraction of sp³-hybridized carbons (Fsp3) is 0.667. The third-order valence-corrected chi connectivity index (χ3v) is 11.2. The van der Waals surface area contributed by atoms with Crippen LogP contribution >= 0.6 is 0 Å². The highest BCUT2D eigenvalue weighted by Gasteiger charge is 2.80. The van der Waals surface area contributed by atoms with E-state index in [1.165, 1.54) is 43.5 Å². The van der Waals surface area contributed by atoms with Gasteiger partial charge in [-0.2, -0.15) is 0 Å². The molecular weight excluding hydrogens is 454 g/mol. The first-order chi connectivity index (χ1) is 17.6. The van der Waals surface area contributed by atoms with E-state index in [0.717, 1.165) is 48.9 Å². The van der Waals surface area contributed by atoms with Gasteiger partial charge in [-0.15, -0.1) is 0 Å². The Balaban J connectivity index is 1.24. The molecule has 6 atom stereocenters. The number of methoxy groups -OCH3 is 2. The quantitative estimate of drug-likeness (QED) is 0.532. The molecule has 0 radical (unpaired) electrons. The van der Waals surface area contributed by atoms with Gasteiger partial charge in [0.05, 0.1) is 20.0 Å². The highest BCUT2D eigenvalue weighted by Crippen LogP contribution is 2.76. The Bertz CT molecular complexity index is 1180. The van der Waals surface area contributed by atoms with E-state index in [1.54, 1.807) is 13.4 Å². The van der Waals surface area contributed by atoms with E-state index in [1.807, 2.05) is 19.2 Å². The lowest BCUT2D eigenvalue weighted by Crippen LogP contribution is -2.81. The van der Waals surface area contributed by atoms with E-state index in [-0.39, 0.29) is 28.5 Å². The van der Waals surface area contributed by atoms with Gasteiger partial charge in [0.15, 0.2) is 11.5 Å². The summed E-state index contributed by atoms with van der Waals surface area (Å²) < 4.78 is 31.4. The summed E-state index contributed by atoms with van der Waals surface area (Å²) in [4.78, 5) is 2.89. The molecule has 3 heterocycles. The van der Waals surface area contributed by atoms with Crippen molar-refractivity contribution in [2.75, 3.05) is 33.9 Å². The molecule has 1 saturated heterocycles. The smallest absolute Gasteiger partial charge is 0.165 e. The highest BCUT2D eigenvalue weighted by molar-refractivity contribution is 5.63. The number of hydrogen-bond acceptors (Lipinski definition) is 6. The number of rotatable bonds is 8. The van der Waals surface area contributed by atoms with Gasteiger partial charge >= 0.3 is 0 Å². The lowest BCUT2D eigenvalue weighted by atomic mass is 9.35. The summed E-state index contributed by atoms with van der Waals surface area (Å²) in [7, 11) is 3.67. The SMILES string of the molecule is COc1ccc2c3c1OC1C4(OC)CCC5(CC4COCc4ccco4)C(C2)N(CC2CC2)CCC315. The van der Waals surface area contributed by atoms with Crippen LogP contribution in [0.15, 0.2) is 34.9 Å². The Kier molecular flexibility index (Phi) is 4.60. The van der Waals surface area contributed by atoms with E-state index < -0.39 is 0 Å². The maximum Gasteiger partial charge on any atom is 0.165 e. The molecule has 1 aromatic heterocycles. The fourth-order valence-electron chi connectivity index (χ4n) is 9.59. The second-order valence-corrected chi connectivity index (χ2v) is 12.3. The van der Waals surface area contributed by atoms with Gasteiger partial charge in [-0.25, -0.2) is 0 Å². The lowest BCUT2D eigenvalue weighted by molar-refractivity contribution is -0.283. The summed E-state index contributed by atoms with van der Waals surface area (Å²) in [5, 5.41) is 0. The van der Waals surface area contributed by atoms with Gasteiger partial charge in [0.1, 0.15) is 24.1 Å². The predicted molar refractivity (Wildman–Crippen MR) is 133 cm³/mol. The summed E-state index contributed by atoms with van der Waals surface area (Å²) >= 11 is 0. The van der Waals surface area contributed by atoms with Crippen LogP contribution in [0.2, 0.25) is 0 Å². The fourth-order valence-corrected chi connectivity index (χ4v) is 9.59. The summed E-state index contributed by atoms with van der Waals surface area (Å²) in [6.07, 6.45) is 10.2. The number of furan rings is 1. The lowest BCUT2D eigenvalue weighted by Gasteiger charge is -2.74. The molecule has 5 aliphatic carbocycles. The maximum atomic E-state index is 7.09. The van der Waals surface area contributed by atoms with Gasteiger partial charge < -0.3 is 23.4 Å². The molecule has 36 heavy (non-hydrogen) atoms. The van der Waals surface area contributed by atoms with Gasteiger partial charge in [-0.1, -0.05) is 6.07 Å². The van der Waals surface area contributed by atoms with Crippen molar-refractivity contribution >= 4 is 0 Å². The standard InChI is InChI=1S/C30H37NO5/c1-32-23-8-7-20-14-24-28-9-10-30(33-2,21(15-28)17-34-18-22-4-3-13-35-22)27-29(28,25(20)26(23)36-27)11-12-31(24)16-19-5-6-19/h3-4,7-8,13,19,21,24,27H,5-6,9-12,14-18H2,1-2H3. The van der Waals surface area contributed by atoms with Crippen LogP contribution in [-0.2, 0) is 27.9 Å². The molecule has 0 N–H and O–H groups in total. The summed E-state index contributed by atoms with van der Waals surface area (Å²) in [6.45, 7) is 3.60. The zero-order valence-corrected chi connectivity index (χ0v) is 21.5. The monoisotopic (exact) mass is 491 g/mol. The predicted octanol–water partition coefficient (Wildman–Crippen LogP) is 4.73. The van der Waals surface area contributed by atoms with E-state index in [9.17, 15) is 0 Å². The molecule has 6 unspecified atom stereocenters. The molecule has 6 nitrogen and oxygen atoms in total. The normalized spacial score (nSPS) is 39.7. The molecule has 4 bridgehead atoms. The summed E-state index contributed by atoms with van der Waals surface area (Å²) in [5.41, 5.74) is 2.78. The molecule has 5 fully saturated rings. The summed E-state index contributed by atoms with van der Waals surface area (Å²) in [5.74, 6) is 3.94. The van der Waals surface area contributed by atoms with Crippen molar-refractivity contribution < 1.29 is 23.4 Å². The second kappa shape index (κ2) is 7.52. The average molecular weight is 492 g/mol. The Labute approximate surface area is 213 Å². The van der Waals surface area contributed by atoms with Crippen LogP contribution in [0.3, 0.4) is 0 Å². The second-order valence-electron chi connectivity index (χ2n) is 12.3. The summed E-state index contributed by atoms with van der Waals surface area (Å²) in [6, 6.07) is 8.93. The minimum atomic E-state index is -0.354. The number of hydrogen-bond donors (Lipinski definition) is 0. The zero-order valence-electron chi connectivity index (χ0n) is 21.5. The van der Waals surface area contributed by atoms with Crippen molar-refractivity contribution in [3.05, 3.63) is 47.4 Å². The van der Waals surface area contributed by atoms with Crippen molar-refractivity contribution in [3.8, 4) is 11.5 Å². The first-order valence-electron chi connectivity index (χ1n) is 13.9. The van der Waals surface area contributed by atoms with Crippen LogP contribution in [0.25, 0.3) is 0 Å². The molecule has 192 valence electrons. The van der Waals surface area contributed by atoms with E-state index >= 15 is 0 Å². The molecule has 2 spiro atoms. The van der Waals surface area contributed by atoms with Gasteiger partial charge in [0, 0.05) is 42.0 Å². The van der Waals surface area contributed by atoms with E-state index in [0.29, 0.717) is 19.3 Å². The largest absolute Gasteiger partial charge is 0.493 e. The van der Waals surface area contributed by atoms with Crippen molar-refractivity contribution in [3.63, 3.8) is 0 Å². The van der Waals surface area contributed by atoms with Crippen LogP contribution in [0.1, 0.15) is 55.4 Å². The van der Waals surface area contributed by atoms with Crippen molar-refractivity contribution in [2.45, 2.75) is 74.7 Å². The van der Waals surface area contributed by atoms with E-state index in [2.05, 4.69) is 17.0 Å². The van der Waals surface area contributed by atoms with Crippen LogP contribution in [0, 0.1) is 17.3 Å². The van der Waals surface area contributed by atoms with Crippen LogP contribution in [0.4, 0.5) is 0 Å². The molecule has 4 saturated carbocycles. The first kappa shape index (κ1) is 22.0. The number of likely N-dealkylation sites (tertiary alicyclic amines) is 1. The van der Waals surface area contributed by atoms with Crippen molar-refractivity contribution in [2.24, 2.45) is 17.3 Å². The third kappa shape index (κ3) is 2.58. The number of fused-ring (bicyclic) bond motifs is 2. The van der Waals surface area contributed by atoms with Crippen LogP contribution < -0.4 is 9.47 Å². The van der Waals surface area contributed by atoms with Gasteiger partial charge in [0.25, 0.3) is 0 Å². The Hall–Kier alpha value is -2.02.